The average molecular weight is 298 g/mol. The van der Waals surface area contributed by atoms with Crippen LogP contribution >= 0.6 is 0 Å². The number of carbonyl (C=O) groups excluding carboxylic acids is 1. The zero-order valence-electron chi connectivity index (χ0n) is 13.3. The predicted molar refractivity (Wildman–Crippen MR) is 82.1 cm³/mol. The number of piperidine rings is 1. The molecule has 0 aromatic rings. The van der Waals surface area contributed by atoms with E-state index in [1.165, 1.54) is 0 Å². The molecule has 1 unspecified atom stereocenters. The molecule has 0 aromatic heterocycles. The Labute approximate surface area is 128 Å². The summed E-state index contributed by atoms with van der Waals surface area (Å²) in [5.41, 5.74) is -0.523. The summed E-state index contributed by atoms with van der Waals surface area (Å²) in [6.07, 6.45) is 6.74. The number of aliphatic hydroxyl groups is 1. The summed E-state index contributed by atoms with van der Waals surface area (Å²) in [6, 6.07) is 0. The number of methoxy groups -OCH3 is 1. The third-order valence-corrected chi connectivity index (χ3v) is 4.91. The fourth-order valence-corrected chi connectivity index (χ4v) is 3.54. The minimum atomic E-state index is -0.523. The Morgan fingerprint density at radius 1 is 1.38 bits per heavy atom. The van der Waals surface area contributed by atoms with Crippen molar-refractivity contribution in [1.29, 1.82) is 0 Å². The lowest BCUT2D eigenvalue weighted by Crippen LogP contribution is -2.44. The smallest absolute Gasteiger partial charge is 0.224 e. The highest BCUT2D eigenvalue weighted by molar-refractivity contribution is 5.78. The Morgan fingerprint density at radius 2 is 2.14 bits per heavy atom. The molecule has 2 fully saturated rings. The fourth-order valence-electron chi connectivity index (χ4n) is 3.54. The van der Waals surface area contributed by atoms with Gasteiger partial charge in [-0.05, 0) is 38.6 Å². The van der Waals surface area contributed by atoms with E-state index in [-0.39, 0.29) is 11.8 Å². The van der Waals surface area contributed by atoms with Gasteiger partial charge in [-0.1, -0.05) is 12.8 Å². The monoisotopic (exact) mass is 298 g/mol. The minimum absolute atomic E-state index is 0.0915. The van der Waals surface area contributed by atoms with E-state index in [0.29, 0.717) is 13.0 Å². The van der Waals surface area contributed by atoms with Crippen molar-refractivity contribution in [3.05, 3.63) is 0 Å². The average Bonchev–Trinajstić information content (AvgIpc) is 2.92. The molecule has 2 rings (SSSR count). The van der Waals surface area contributed by atoms with Gasteiger partial charge in [0.25, 0.3) is 0 Å². The van der Waals surface area contributed by atoms with Crippen LogP contribution in [0.2, 0.25) is 0 Å². The second-order valence-electron chi connectivity index (χ2n) is 6.61. The van der Waals surface area contributed by atoms with Crippen LogP contribution in [-0.2, 0) is 9.53 Å². The predicted octanol–water partition coefficient (Wildman–Crippen LogP) is 1.16. The second kappa shape index (κ2) is 8.11. The first-order valence-electron chi connectivity index (χ1n) is 8.34. The molecule has 1 saturated heterocycles. The Bertz CT molecular complexity index is 329. The second-order valence-corrected chi connectivity index (χ2v) is 6.61. The number of carbonyl (C=O) groups is 1. The topological polar surface area (TPSA) is 61.8 Å². The number of amides is 1. The van der Waals surface area contributed by atoms with Crippen LogP contribution in [0.4, 0.5) is 0 Å². The van der Waals surface area contributed by atoms with Gasteiger partial charge >= 0.3 is 0 Å². The maximum Gasteiger partial charge on any atom is 0.224 e. The zero-order valence-corrected chi connectivity index (χ0v) is 13.3. The lowest BCUT2D eigenvalue weighted by atomic mass is 9.96. The summed E-state index contributed by atoms with van der Waals surface area (Å²) in [5, 5.41) is 13.3. The van der Waals surface area contributed by atoms with Crippen molar-refractivity contribution in [1.82, 2.24) is 10.2 Å². The van der Waals surface area contributed by atoms with Crippen LogP contribution in [0.5, 0.6) is 0 Å². The summed E-state index contributed by atoms with van der Waals surface area (Å²) in [7, 11) is 1.71. The number of nitrogens with one attached hydrogen (secondary N) is 1. The standard InChI is InChI=1S/C16H30N2O3/c1-21-12-11-18-10-4-5-14(13-18)15(19)17-9-8-16(20)6-2-3-7-16/h14,20H,2-13H2,1H3,(H,17,19). The van der Waals surface area contributed by atoms with Gasteiger partial charge in [-0.2, -0.15) is 0 Å². The summed E-state index contributed by atoms with van der Waals surface area (Å²) in [6.45, 7) is 4.12. The maximum absolute atomic E-state index is 12.2. The molecule has 5 heteroatoms. The third-order valence-electron chi connectivity index (χ3n) is 4.91. The SMILES string of the molecule is COCCN1CCCC(C(=O)NCCC2(O)CCCC2)C1. The first kappa shape index (κ1) is 16.7. The summed E-state index contributed by atoms with van der Waals surface area (Å²) < 4.78 is 5.10. The molecule has 2 N–H and O–H groups in total. The van der Waals surface area contributed by atoms with Gasteiger partial charge in [-0.25, -0.2) is 0 Å². The van der Waals surface area contributed by atoms with Crippen molar-refractivity contribution in [2.75, 3.05) is 39.9 Å². The van der Waals surface area contributed by atoms with E-state index in [0.717, 1.165) is 64.8 Å². The molecule has 1 heterocycles. The van der Waals surface area contributed by atoms with Gasteiger partial charge in [0.1, 0.15) is 0 Å². The molecule has 1 saturated carbocycles. The Morgan fingerprint density at radius 3 is 2.86 bits per heavy atom. The highest BCUT2D eigenvalue weighted by Gasteiger charge is 2.31. The van der Waals surface area contributed by atoms with E-state index in [9.17, 15) is 9.90 Å². The van der Waals surface area contributed by atoms with Crippen LogP contribution in [-0.4, -0.2) is 61.4 Å². The van der Waals surface area contributed by atoms with Gasteiger partial charge in [0, 0.05) is 26.7 Å². The van der Waals surface area contributed by atoms with E-state index >= 15 is 0 Å². The number of hydrogen-bond donors (Lipinski definition) is 2. The molecule has 5 nitrogen and oxygen atoms in total. The molecular weight excluding hydrogens is 268 g/mol. The van der Waals surface area contributed by atoms with Gasteiger partial charge in [0.15, 0.2) is 0 Å². The van der Waals surface area contributed by atoms with Crippen LogP contribution in [0.3, 0.4) is 0 Å². The molecule has 21 heavy (non-hydrogen) atoms. The molecule has 1 aliphatic carbocycles. The molecular formula is C16H30N2O3. The molecule has 1 amide bonds. The molecule has 1 atom stereocenters. The van der Waals surface area contributed by atoms with Crippen LogP contribution < -0.4 is 5.32 Å². The Balaban J connectivity index is 1.67. The number of nitrogens with zero attached hydrogens (tertiary/aromatic N) is 1. The number of hydrogen-bond acceptors (Lipinski definition) is 4. The first-order chi connectivity index (χ1) is 10.1. The molecule has 0 radical (unpaired) electrons. The van der Waals surface area contributed by atoms with E-state index in [4.69, 9.17) is 4.74 Å². The largest absolute Gasteiger partial charge is 0.390 e. The lowest BCUT2D eigenvalue weighted by molar-refractivity contribution is -0.127. The fraction of sp³-hybridized carbons (Fsp3) is 0.938. The molecule has 0 bridgehead atoms. The number of rotatable bonds is 7. The van der Waals surface area contributed by atoms with Gasteiger partial charge in [0.2, 0.25) is 5.91 Å². The number of likely N-dealkylation sites (tertiary alicyclic amines) is 1. The summed E-state index contributed by atoms with van der Waals surface area (Å²) >= 11 is 0. The van der Waals surface area contributed by atoms with Crippen LogP contribution in [0.15, 0.2) is 0 Å². The van der Waals surface area contributed by atoms with E-state index in [1.807, 2.05) is 0 Å². The summed E-state index contributed by atoms with van der Waals surface area (Å²) in [5.74, 6) is 0.243. The van der Waals surface area contributed by atoms with Crippen molar-refractivity contribution >= 4 is 5.91 Å². The van der Waals surface area contributed by atoms with Crippen molar-refractivity contribution < 1.29 is 14.6 Å². The molecule has 2 aliphatic rings. The lowest BCUT2D eigenvalue weighted by Gasteiger charge is -2.32. The van der Waals surface area contributed by atoms with Gasteiger partial charge in [-0.15, -0.1) is 0 Å². The van der Waals surface area contributed by atoms with E-state index in [2.05, 4.69) is 10.2 Å². The number of ether oxygens (including phenoxy) is 1. The third kappa shape index (κ3) is 5.24. The van der Waals surface area contributed by atoms with Crippen molar-refractivity contribution in [3.63, 3.8) is 0 Å². The maximum atomic E-state index is 12.2. The Kier molecular flexibility index (Phi) is 6.45. The molecule has 0 spiro atoms. The van der Waals surface area contributed by atoms with Gasteiger partial charge < -0.3 is 20.1 Å². The quantitative estimate of drug-likeness (QED) is 0.740. The Hall–Kier alpha value is -0.650. The van der Waals surface area contributed by atoms with Crippen molar-refractivity contribution in [3.8, 4) is 0 Å². The highest BCUT2D eigenvalue weighted by atomic mass is 16.5. The molecule has 122 valence electrons. The zero-order chi connectivity index (χ0) is 15.1. The molecule has 1 aliphatic heterocycles. The molecule has 0 aromatic carbocycles. The van der Waals surface area contributed by atoms with Gasteiger partial charge in [-0.3, -0.25) is 4.79 Å². The van der Waals surface area contributed by atoms with Crippen molar-refractivity contribution in [2.45, 2.75) is 50.5 Å². The normalized spacial score (nSPS) is 25.9. The minimum Gasteiger partial charge on any atom is -0.390 e. The first-order valence-corrected chi connectivity index (χ1v) is 8.34. The van der Waals surface area contributed by atoms with Crippen LogP contribution in [0.25, 0.3) is 0 Å². The van der Waals surface area contributed by atoms with E-state index < -0.39 is 5.60 Å². The van der Waals surface area contributed by atoms with Crippen LogP contribution in [0, 0.1) is 5.92 Å². The van der Waals surface area contributed by atoms with E-state index in [1.54, 1.807) is 7.11 Å². The van der Waals surface area contributed by atoms with Gasteiger partial charge in [0.05, 0.1) is 18.1 Å². The van der Waals surface area contributed by atoms with Crippen molar-refractivity contribution in [2.24, 2.45) is 5.92 Å². The summed E-state index contributed by atoms with van der Waals surface area (Å²) in [4.78, 5) is 14.6. The highest BCUT2D eigenvalue weighted by Crippen LogP contribution is 2.31. The van der Waals surface area contributed by atoms with Crippen LogP contribution in [0.1, 0.15) is 44.9 Å².